The van der Waals surface area contributed by atoms with Crippen molar-refractivity contribution in [3.8, 4) is 0 Å². The molecule has 2 nitrogen and oxygen atoms in total. The van der Waals surface area contributed by atoms with Crippen molar-refractivity contribution < 1.29 is 69.3 Å². The van der Waals surface area contributed by atoms with Crippen molar-refractivity contribution >= 4 is 0 Å². The molecule has 0 heterocycles. The predicted molar refractivity (Wildman–Crippen MR) is 30.5 cm³/mol. The van der Waals surface area contributed by atoms with E-state index in [4.69, 9.17) is 10.2 Å². The van der Waals surface area contributed by atoms with Gasteiger partial charge in [-0.15, -0.1) is 0 Å². The van der Waals surface area contributed by atoms with Gasteiger partial charge in [-0.25, -0.2) is 0 Å². The zero-order valence-electron chi connectivity index (χ0n) is 6.88. The first-order valence-electron chi connectivity index (χ1n) is 3.15. The van der Waals surface area contributed by atoms with Gasteiger partial charge in [0.1, 0.15) is 0 Å². The van der Waals surface area contributed by atoms with Gasteiger partial charge >= 0.3 is 59.1 Å². The summed E-state index contributed by atoms with van der Waals surface area (Å²) < 4.78 is 0. The van der Waals surface area contributed by atoms with E-state index in [-0.39, 0.29) is 71.3 Å². The molecule has 4 heteroatoms. The van der Waals surface area contributed by atoms with E-state index in [0.29, 0.717) is 0 Å². The predicted octanol–water partition coefficient (Wildman–Crippen LogP) is -5.71. The minimum atomic E-state index is -0.140. The Labute approximate surface area is 106 Å². The van der Waals surface area contributed by atoms with E-state index in [1.54, 1.807) is 0 Å². The van der Waals surface area contributed by atoms with Crippen LogP contribution < -0.4 is 59.1 Å². The maximum absolute atomic E-state index is 8.92. The second-order valence-corrected chi connectivity index (χ2v) is 2.46. The number of aliphatic hydroxyl groups is 2. The molecule has 1 fully saturated rings. The van der Waals surface area contributed by atoms with Gasteiger partial charge in [-0.3, -0.25) is 0 Å². The molecule has 48 valence electrons. The molecule has 0 amide bonds. The number of aliphatic hydroxyl groups excluding tert-OH is 2. The second-order valence-electron chi connectivity index (χ2n) is 2.46. The zero-order valence-corrected chi connectivity index (χ0v) is 10.9. The summed E-state index contributed by atoms with van der Waals surface area (Å²) in [6.07, 6.45) is 2.83. The quantitative estimate of drug-likeness (QED) is 0.348. The topological polar surface area (TPSA) is 40.5 Å². The Kier molecular flexibility index (Phi) is 10.9. The van der Waals surface area contributed by atoms with Crippen LogP contribution in [0.2, 0.25) is 0 Å². The number of hydrogen-bond donors (Lipinski definition) is 2. The Morgan fingerprint density at radius 3 is 1.10 bits per heavy atom. The first-order valence-corrected chi connectivity index (χ1v) is 3.15. The molecule has 0 radical (unpaired) electrons. The summed E-state index contributed by atoms with van der Waals surface area (Å²) in [6.45, 7) is 0. The summed E-state index contributed by atoms with van der Waals surface area (Å²) in [5, 5.41) is 17.8. The minimum Gasteiger partial charge on any atom is -0.393 e. The Morgan fingerprint density at radius 1 is 0.700 bits per heavy atom. The van der Waals surface area contributed by atoms with Crippen LogP contribution in [-0.4, -0.2) is 22.4 Å². The third kappa shape index (κ3) is 5.56. The fourth-order valence-corrected chi connectivity index (χ4v) is 1.06. The molecular weight excluding hydrogens is 150 g/mol. The average molecular weight is 162 g/mol. The Bertz CT molecular complexity index is 62.1. The fourth-order valence-electron chi connectivity index (χ4n) is 1.06. The maximum atomic E-state index is 8.92. The van der Waals surface area contributed by atoms with Gasteiger partial charge in [0.25, 0.3) is 0 Å². The normalized spacial score (nSPS) is 31.8. The van der Waals surface area contributed by atoms with E-state index < -0.39 is 0 Å². The van der Waals surface area contributed by atoms with E-state index in [9.17, 15) is 0 Å². The molecule has 0 spiro atoms. The second kappa shape index (κ2) is 7.56. The van der Waals surface area contributed by atoms with Crippen LogP contribution in [0.5, 0.6) is 0 Å². The molecule has 0 aromatic carbocycles. The largest absolute Gasteiger partial charge is 1.00 e. The molecule has 1 saturated carbocycles. The third-order valence-corrected chi connectivity index (χ3v) is 1.67. The van der Waals surface area contributed by atoms with Crippen molar-refractivity contribution in [1.82, 2.24) is 0 Å². The molecule has 1 aliphatic carbocycles. The molecule has 0 aromatic rings. The van der Waals surface area contributed by atoms with Gasteiger partial charge in [0.05, 0.1) is 12.2 Å². The molecule has 0 aliphatic heterocycles. The smallest absolute Gasteiger partial charge is 0.393 e. The molecule has 0 bridgehead atoms. The molecule has 0 aromatic heterocycles. The van der Waals surface area contributed by atoms with Gasteiger partial charge in [-0.05, 0) is 25.7 Å². The van der Waals surface area contributed by atoms with Crippen molar-refractivity contribution in [3.05, 3.63) is 0 Å². The van der Waals surface area contributed by atoms with Gasteiger partial charge in [0.2, 0.25) is 0 Å². The van der Waals surface area contributed by atoms with Crippen molar-refractivity contribution in [2.24, 2.45) is 0 Å². The summed E-state index contributed by atoms with van der Waals surface area (Å²) in [6, 6.07) is 0. The van der Waals surface area contributed by atoms with Gasteiger partial charge < -0.3 is 10.2 Å². The molecule has 1 aliphatic rings. The summed E-state index contributed by atoms with van der Waals surface area (Å²) in [4.78, 5) is 0. The molecular formula is C6H12Na2O2+2. The average Bonchev–Trinajstić information content (AvgIpc) is 1.77. The van der Waals surface area contributed by atoms with Crippen LogP contribution in [0.3, 0.4) is 0 Å². The first kappa shape index (κ1) is 14.4. The summed E-state index contributed by atoms with van der Waals surface area (Å²) in [5.41, 5.74) is 0. The van der Waals surface area contributed by atoms with E-state index in [0.717, 1.165) is 25.7 Å². The van der Waals surface area contributed by atoms with Crippen LogP contribution in [0, 0.1) is 0 Å². The van der Waals surface area contributed by atoms with E-state index in [1.807, 2.05) is 0 Å². The van der Waals surface area contributed by atoms with Crippen LogP contribution >= 0.6 is 0 Å². The van der Waals surface area contributed by atoms with Crippen LogP contribution in [0.25, 0.3) is 0 Å². The molecule has 1 rings (SSSR count). The van der Waals surface area contributed by atoms with Crippen LogP contribution in [0.15, 0.2) is 0 Å². The monoisotopic (exact) mass is 162 g/mol. The van der Waals surface area contributed by atoms with E-state index >= 15 is 0 Å². The van der Waals surface area contributed by atoms with Gasteiger partial charge in [0, 0.05) is 0 Å². The van der Waals surface area contributed by atoms with Crippen molar-refractivity contribution in [2.75, 3.05) is 0 Å². The van der Waals surface area contributed by atoms with Crippen LogP contribution in [-0.2, 0) is 0 Å². The SMILES string of the molecule is OC1CCC(O)CC1.[Na+].[Na+]. The van der Waals surface area contributed by atoms with Gasteiger partial charge in [-0.1, -0.05) is 0 Å². The number of hydrogen-bond acceptors (Lipinski definition) is 2. The Hall–Kier alpha value is 1.92. The van der Waals surface area contributed by atoms with Gasteiger partial charge in [-0.2, -0.15) is 0 Å². The van der Waals surface area contributed by atoms with Crippen molar-refractivity contribution in [3.63, 3.8) is 0 Å². The molecule has 0 atom stereocenters. The van der Waals surface area contributed by atoms with Crippen LogP contribution in [0.4, 0.5) is 0 Å². The van der Waals surface area contributed by atoms with E-state index in [2.05, 4.69) is 0 Å². The molecule has 10 heavy (non-hydrogen) atoms. The molecule has 2 N–H and O–H groups in total. The number of rotatable bonds is 0. The van der Waals surface area contributed by atoms with Crippen LogP contribution in [0.1, 0.15) is 25.7 Å². The fraction of sp³-hybridized carbons (Fsp3) is 1.00. The summed E-state index contributed by atoms with van der Waals surface area (Å²) >= 11 is 0. The minimum absolute atomic E-state index is 0. The third-order valence-electron chi connectivity index (χ3n) is 1.67. The zero-order chi connectivity index (χ0) is 5.98. The summed E-state index contributed by atoms with van der Waals surface area (Å²) in [7, 11) is 0. The summed E-state index contributed by atoms with van der Waals surface area (Å²) in [5.74, 6) is 0. The first-order chi connectivity index (χ1) is 3.79. The molecule has 0 unspecified atom stereocenters. The Balaban J connectivity index is 0. The van der Waals surface area contributed by atoms with Crippen molar-refractivity contribution in [1.29, 1.82) is 0 Å². The van der Waals surface area contributed by atoms with Gasteiger partial charge in [0.15, 0.2) is 0 Å². The Morgan fingerprint density at radius 2 is 0.900 bits per heavy atom. The standard InChI is InChI=1S/C6H12O2.2Na/c7-5-1-2-6(8)4-3-5;;/h5-8H,1-4H2;;/q;2*+1. The van der Waals surface area contributed by atoms with Crippen molar-refractivity contribution in [2.45, 2.75) is 37.9 Å². The molecule has 0 saturated heterocycles. The van der Waals surface area contributed by atoms with E-state index in [1.165, 1.54) is 0 Å². The maximum Gasteiger partial charge on any atom is 1.00 e.